The highest BCUT2D eigenvalue weighted by molar-refractivity contribution is 9.09. The first-order valence-corrected chi connectivity index (χ1v) is 4.48. The van der Waals surface area contributed by atoms with E-state index in [4.69, 9.17) is 4.74 Å². The number of esters is 1. The topological polar surface area (TPSA) is 26.3 Å². The van der Waals surface area contributed by atoms with E-state index in [2.05, 4.69) is 22.9 Å². The molecule has 0 aromatic heterocycles. The highest BCUT2D eigenvalue weighted by Gasteiger charge is 1.99. The zero-order valence-corrected chi connectivity index (χ0v) is 7.98. The summed E-state index contributed by atoms with van der Waals surface area (Å²) < 4.78 is 4.75. The average molecular weight is 209 g/mol. The van der Waals surface area contributed by atoms with Gasteiger partial charge in [-0.2, -0.15) is 0 Å². The van der Waals surface area contributed by atoms with Crippen molar-refractivity contribution >= 4 is 21.9 Å². The molecule has 0 spiro atoms. The van der Waals surface area contributed by atoms with Crippen molar-refractivity contribution in [1.29, 1.82) is 0 Å². The van der Waals surface area contributed by atoms with E-state index in [-0.39, 0.29) is 5.97 Å². The Morgan fingerprint density at radius 1 is 1.70 bits per heavy atom. The number of rotatable bonds is 4. The third-order valence-electron chi connectivity index (χ3n) is 1.18. The van der Waals surface area contributed by atoms with Gasteiger partial charge in [-0.3, -0.25) is 4.79 Å². The fourth-order valence-corrected chi connectivity index (χ4v) is 0.805. The molecule has 0 rings (SSSR count). The maximum Gasteiger partial charge on any atom is 0.302 e. The van der Waals surface area contributed by atoms with E-state index >= 15 is 0 Å². The lowest BCUT2D eigenvalue weighted by atomic mass is 10.1. The zero-order valence-electron chi connectivity index (χ0n) is 6.39. The second-order valence-electron chi connectivity index (χ2n) is 2.39. The first kappa shape index (κ1) is 9.95. The predicted molar refractivity (Wildman–Crippen MR) is 44.2 cm³/mol. The van der Waals surface area contributed by atoms with Gasteiger partial charge in [-0.15, -0.1) is 0 Å². The third kappa shape index (κ3) is 6.08. The van der Waals surface area contributed by atoms with Crippen molar-refractivity contribution in [2.24, 2.45) is 5.92 Å². The lowest BCUT2D eigenvalue weighted by Crippen LogP contribution is -2.05. The van der Waals surface area contributed by atoms with E-state index in [1.807, 2.05) is 0 Å². The van der Waals surface area contributed by atoms with Crippen LogP contribution >= 0.6 is 15.9 Å². The van der Waals surface area contributed by atoms with Crippen molar-refractivity contribution in [2.45, 2.75) is 20.3 Å². The van der Waals surface area contributed by atoms with E-state index in [1.165, 1.54) is 6.92 Å². The Balaban J connectivity index is 3.11. The normalized spacial score (nSPS) is 12.7. The third-order valence-corrected chi connectivity index (χ3v) is 2.28. The number of hydrogen-bond donors (Lipinski definition) is 0. The van der Waals surface area contributed by atoms with Crippen LogP contribution in [0.5, 0.6) is 0 Å². The molecule has 0 heterocycles. The van der Waals surface area contributed by atoms with Crippen LogP contribution in [0.1, 0.15) is 20.3 Å². The molecule has 60 valence electrons. The lowest BCUT2D eigenvalue weighted by Gasteiger charge is -2.05. The van der Waals surface area contributed by atoms with Gasteiger partial charge in [0.25, 0.3) is 0 Å². The minimum absolute atomic E-state index is 0.193. The highest BCUT2D eigenvalue weighted by atomic mass is 79.9. The van der Waals surface area contributed by atoms with Crippen molar-refractivity contribution in [1.82, 2.24) is 0 Å². The van der Waals surface area contributed by atoms with E-state index in [9.17, 15) is 4.79 Å². The van der Waals surface area contributed by atoms with Crippen molar-refractivity contribution in [3.05, 3.63) is 0 Å². The van der Waals surface area contributed by atoms with Gasteiger partial charge in [-0.05, 0) is 12.3 Å². The fourth-order valence-electron chi connectivity index (χ4n) is 0.481. The Morgan fingerprint density at radius 3 is 2.70 bits per heavy atom. The standard InChI is InChI=1S/C7H13BrO2/c1-6(5-8)3-4-10-7(2)9/h6H,3-5H2,1-2H3. The van der Waals surface area contributed by atoms with Crippen LogP contribution in [0.25, 0.3) is 0 Å². The summed E-state index contributed by atoms with van der Waals surface area (Å²) in [6.07, 6.45) is 0.935. The van der Waals surface area contributed by atoms with E-state index < -0.39 is 0 Å². The van der Waals surface area contributed by atoms with Gasteiger partial charge >= 0.3 is 5.97 Å². The zero-order chi connectivity index (χ0) is 7.98. The van der Waals surface area contributed by atoms with Crippen LogP contribution in [0.3, 0.4) is 0 Å². The maximum absolute atomic E-state index is 10.3. The van der Waals surface area contributed by atoms with E-state index in [0.717, 1.165) is 11.8 Å². The minimum Gasteiger partial charge on any atom is -0.466 e. The van der Waals surface area contributed by atoms with Crippen LogP contribution in [0.15, 0.2) is 0 Å². The van der Waals surface area contributed by atoms with Crippen LogP contribution in [0.2, 0.25) is 0 Å². The smallest absolute Gasteiger partial charge is 0.302 e. The van der Waals surface area contributed by atoms with Gasteiger partial charge < -0.3 is 4.74 Å². The molecule has 1 unspecified atom stereocenters. The second-order valence-corrected chi connectivity index (χ2v) is 3.04. The largest absolute Gasteiger partial charge is 0.466 e. The summed E-state index contributed by atoms with van der Waals surface area (Å²) in [5.41, 5.74) is 0. The van der Waals surface area contributed by atoms with Gasteiger partial charge in [0, 0.05) is 12.3 Å². The number of carbonyl (C=O) groups is 1. The summed E-state index contributed by atoms with van der Waals surface area (Å²) >= 11 is 3.34. The van der Waals surface area contributed by atoms with Gasteiger partial charge in [0.05, 0.1) is 6.61 Å². The van der Waals surface area contributed by atoms with Crippen LogP contribution in [-0.2, 0) is 9.53 Å². The van der Waals surface area contributed by atoms with E-state index in [0.29, 0.717) is 12.5 Å². The SMILES string of the molecule is CC(=O)OCCC(C)CBr. The molecule has 0 fully saturated rings. The molecule has 10 heavy (non-hydrogen) atoms. The molecule has 0 N–H and O–H groups in total. The molecule has 0 amide bonds. The number of carbonyl (C=O) groups excluding carboxylic acids is 1. The molecule has 1 atom stereocenters. The monoisotopic (exact) mass is 208 g/mol. The Hall–Kier alpha value is -0.0500. The average Bonchev–Trinajstić information content (AvgIpc) is 1.87. The Kier molecular flexibility index (Phi) is 5.69. The van der Waals surface area contributed by atoms with Crippen LogP contribution in [-0.4, -0.2) is 17.9 Å². The maximum atomic E-state index is 10.3. The molecule has 3 heteroatoms. The quantitative estimate of drug-likeness (QED) is 0.522. The molecule has 0 aromatic rings. The number of alkyl halides is 1. The fraction of sp³-hybridized carbons (Fsp3) is 0.857. The molecule has 0 aliphatic heterocycles. The Labute approximate surface area is 70.1 Å². The second kappa shape index (κ2) is 5.71. The first-order valence-electron chi connectivity index (χ1n) is 3.36. The van der Waals surface area contributed by atoms with Gasteiger partial charge in [-0.25, -0.2) is 0 Å². The van der Waals surface area contributed by atoms with Gasteiger partial charge in [-0.1, -0.05) is 22.9 Å². The minimum atomic E-state index is -0.193. The van der Waals surface area contributed by atoms with Gasteiger partial charge in [0.1, 0.15) is 0 Å². The molecule has 0 saturated heterocycles. The molecule has 0 bridgehead atoms. The Morgan fingerprint density at radius 2 is 2.30 bits per heavy atom. The van der Waals surface area contributed by atoms with Crippen LogP contribution < -0.4 is 0 Å². The summed E-state index contributed by atoms with van der Waals surface area (Å²) in [6.45, 7) is 4.08. The molecule has 0 saturated carbocycles. The molecular weight excluding hydrogens is 196 g/mol. The number of hydrogen-bond acceptors (Lipinski definition) is 2. The van der Waals surface area contributed by atoms with Gasteiger partial charge in [0.15, 0.2) is 0 Å². The highest BCUT2D eigenvalue weighted by Crippen LogP contribution is 2.04. The number of halogens is 1. The molecule has 0 aliphatic carbocycles. The first-order chi connectivity index (χ1) is 4.66. The summed E-state index contributed by atoms with van der Waals surface area (Å²) in [5, 5.41) is 0.967. The summed E-state index contributed by atoms with van der Waals surface area (Å²) in [7, 11) is 0. The molecule has 2 nitrogen and oxygen atoms in total. The molecule has 0 aliphatic rings. The molecule has 0 aromatic carbocycles. The van der Waals surface area contributed by atoms with Crippen molar-refractivity contribution in [2.75, 3.05) is 11.9 Å². The molecule has 0 radical (unpaired) electrons. The predicted octanol–water partition coefficient (Wildman–Crippen LogP) is 1.97. The summed E-state index contributed by atoms with van der Waals surface area (Å²) in [5.74, 6) is 0.390. The van der Waals surface area contributed by atoms with Gasteiger partial charge in [0.2, 0.25) is 0 Å². The summed E-state index contributed by atoms with van der Waals surface area (Å²) in [4.78, 5) is 10.3. The molecular formula is C7H13BrO2. The van der Waals surface area contributed by atoms with Crippen molar-refractivity contribution in [3.63, 3.8) is 0 Å². The van der Waals surface area contributed by atoms with E-state index in [1.54, 1.807) is 0 Å². The van der Waals surface area contributed by atoms with Crippen molar-refractivity contribution < 1.29 is 9.53 Å². The van der Waals surface area contributed by atoms with Crippen molar-refractivity contribution in [3.8, 4) is 0 Å². The Bertz CT molecular complexity index is 104. The summed E-state index contributed by atoms with van der Waals surface area (Å²) in [6, 6.07) is 0. The van der Waals surface area contributed by atoms with Crippen LogP contribution in [0.4, 0.5) is 0 Å². The lowest BCUT2D eigenvalue weighted by molar-refractivity contribution is -0.141. The number of ether oxygens (including phenoxy) is 1. The van der Waals surface area contributed by atoms with Crippen LogP contribution in [0, 0.1) is 5.92 Å².